The van der Waals surface area contributed by atoms with Crippen LogP contribution < -0.4 is 0 Å². The van der Waals surface area contributed by atoms with Crippen LogP contribution in [0.5, 0.6) is 0 Å². The Hall–Kier alpha value is -2.28. The molecule has 0 saturated carbocycles. The molecule has 0 aliphatic carbocycles. The van der Waals surface area contributed by atoms with Crippen LogP contribution in [0.2, 0.25) is 0 Å². The van der Waals surface area contributed by atoms with Crippen LogP contribution in [-0.4, -0.2) is 50.0 Å². The van der Waals surface area contributed by atoms with Crippen molar-refractivity contribution >= 4 is 5.91 Å². The van der Waals surface area contributed by atoms with E-state index >= 15 is 0 Å². The van der Waals surface area contributed by atoms with E-state index in [2.05, 4.69) is 45.7 Å². The van der Waals surface area contributed by atoms with Crippen LogP contribution in [0, 0.1) is 0 Å². The summed E-state index contributed by atoms with van der Waals surface area (Å²) in [7, 11) is 3.92. The van der Waals surface area contributed by atoms with Gasteiger partial charge in [-0.15, -0.1) is 5.10 Å². The molecule has 3 rings (SSSR count). The quantitative estimate of drug-likeness (QED) is 0.837. The second-order valence-corrected chi connectivity index (χ2v) is 5.94. The molecule has 1 aliphatic heterocycles. The van der Waals surface area contributed by atoms with Crippen molar-refractivity contribution in [1.29, 1.82) is 0 Å². The number of amides is 1. The average Bonchev–Trinajstić information content (AvgIpc) is 3.13. The van der Waals surface area contributed by atoms with Gasteiger partial charge in [-0.05, 0) is 41.1 Å². The van der Waals surface area contributed by atoms with Gasteiger partial charge in [0.05, 0.1) is 0 Å². The fraction of sp³-hybridized carbons (Fsp3) is 0.467. The zero-order valence-electron chi connectivity index (χ0n) is 13.1. The lowest BCUT2D eigenvalue weighted by atomic mass is 10.1. The summed E-state index contributed by atoms with van der Waals surface area (Å²) in [6.45, 7) is 4.36. The summed E-state index contributed by atoms with van der Waals surface area (Å²) in [5.74, 6) is -0.00934. The van der Waals surface area contributed by atoms with Crippen LogP contribution in [0.25, 0.3) is 0 Å². The highest BCUT2D eigenvalue weighted by atomic mass is 16.2. The van der Waals surface area contributed by atoms with Gasteiger partial charge in [0.2, 0.25) is 5.91 Å². The first-order valence-corrected chi connectivity index (χ1v) is 7.31. The molecule has 0 bridgehead atoms. The second-order valence-electron chi connectivity index (χ2n) is 5.94. The molecule has 7 heteroatoms. The molecule has 0 unspecified atom stereocenters. The van der Waals surface area contributed by atoms with Crippen LogP contribution >= 0.6 is 0 Å². The maximum absolute atomic E-state index is 12.4. The van der Waals surface area contributed by atoms with Crippen LogP contribution in [0.1, 0.15) is 29.7 Å². The predicted molar refractivity (Wildman–Crippen MR) is 80.6 cm³/mol. The van der Waals surface area contributed by atoms with E-state index in [4.69, 9.17) is 0 Å². The molecule has 2 aromatic rings. The van der Waals surface area contributed by atoms with E-state index in [1.807, 2.05) is 7.05 Å². The first-order chi connectivity index (χ1) is 10.5. The van der Waals surface area contributed by atoms with Gasteiger partial charge in [-0.2, -0.15) is 0 Å². The van der Waals surface area contributed by atoms with Gasteiger partial charge in [0.1, 0.15) is 12.4 Å². The summed E-state index contributed by atoms with van der Waals surface area (Å²) >= 11 is 0. The van der Waals surface area contributed by atoms with Gasteiger partial charge in [-0.1, -0.05) is 18.2 Å². The maximum Gasteiger partial charge on any atom is 0.247 e. The van der Waals surface area contributed by atoms with Crippen molar-refractivity contribution in [3.63, 3.8) is 0 Å². The highest BCUT2D eigenvalue weighted by molar-refractivity contribution is 5.79. The molecule has 1 aromatic carbocycles. The van der Waals surface area contributed by atoms with Gasteiger partial charge in [0, 0.05) is 26.7 Å². The van der Waals surface area contributed by atoms with Crippen molar-refractivity contribution in [2.75, 3.05) is 14.1 Å². The number of likely N-dealkylation sites (N-methyl/N-ethyl adjacent to an activating group) is 1. The number of tetrazole rings is 1. The van der Waals surface area contributed by atoms with Crippen molar-refractivity contribution in [3.05, 3.63) is 41.2 Å². The topological polar surface area (TPSA) is 67.2 Å². The molecule has 0 saturated heterocycles. The molecule has 116 valence electrons. The summed E-state index contributed by atoms with van der Waals surface area (Å²) in [4.78, 5) is 16.4. The molecule has 0 spiro atoms. The van der Waals surface area contributed by atoms with E-state index in [0.29, 0.717) is 6.54 Å². The number of carbonyl (C=O) groups is 1. The van der Waals surface area contributed by atoms with Gasteiger partial charge < -0.3 is 4.90 Å². The fourth-order valence-electron chi connectivity index (χ4n) is 2.85. The smallest absolute Gasteiger partial charge is 0.247 e. The lowest BCUT2D eigenvalue weighted by Crippen LogP contribution is -2.33. The van der Waals surface area contributed by atoms with E-state index in [0.717, 1.165) is 18.7 Å². The van der Waals surface area contributed by atoms with E-state index < -0.39 is 6.04 Å². The Morgan fingerprint density at radius 2 is 2.14 bits per heavy atom. The van der Waals surface area contributed by atoms with Crippen molar-refractivity contribution in [3.8, 4) is 0 Å². The summed E-state index contributed by atoms with van der Waals surface area (Å²) in [6, 6.07) is 6.06. The number of aromatic nitrogens is 4. The van der Waals surface area contributed by atoms with Gasteiger partial charge in [0.25, 0.3) is 0 Å². The third-order valence-corrected chi connectivity index (χ3v) is 4.07. The Labute approximate surface area is 129 Å². The molecule has 7 nitrogen and oxygen atoms in total. The summed E-state index contributed by atoms with van der Waals surface area (Å²) in [5, 5.41) is 10.9. The normalized spacial score (nSPS) is 15.6. The number of fused-ring (bicyclic) bond motifs is 1. The highest BCUT2D eigenvalue weighted by Gasteiger charge is 2.21. The highest BCUT2D eigenvalue weighted by Crippen LogP contribution is 2.23. The first kappa shape index (κ1) is 14.6. The maximum atomic E-state index is 12.4. The van der Waals surface area contributed by atoms with Crippen LogP contribution in [0.3, 0.4) is 0 Å². The second kappa shape index (κ2) is 5.84. The lowest BCUT2D eigenvalue weighted by Gasteiger charge is -2.21. The van der Waals surface area contributed by atoms with Crippen molar-refractivity contribution < 1.29 is 4.79 Å². The van der Waals surface area contributed by atoms with Crippen molar-refractivity contribution in [1.82, 2.24) is 30.0 Å². The summed E-state index contributed by atoms with van der Waals surface area (Å²) in [6.07, 6.45) is 1.46. The van der Waals surface area contributed by atoms with E-state index in [9.17, 15) is 4.79 Å². The van der Waals surface area contributed by atoms with Crippen molar-refractivity contribution in [2.45, 2.75) is 32.6 Å². The van der Waals surface area contributed by atoms with Gasteiger partial charge in [0.15, 0.2) is 0 Å². The van der Waals surface area contributed by atoms with Crippen LogP contribution in [0.15, 0.2) is 24.5 Å². The number of rotatable bonds is 4. The molecular formula is C15H20N6O. The molecule has 1 aliphatic rings. The molecule has 0 N–H and O–H groups in total. The van der Waals surface area contributed by atoms with Gasteiger partial charge in [-0.3, -0.25) is 9.69 Å². The zero-order chi connectivity index (χ0) is 15.7. The molecule has 2 heterocycles. The predicted octanol–water partition coefficient (Wildman–Crippen LogP) is 0.838. The minimum Gasteiger partial charge on any atom is -0.340 e. The molecule has 1 amide bonds. The number of hydrogen-bond donors (Lipinski definition) is 0. The van der Waals surface area contributed by atoms with Gasteiger partial charge in [-0.25, -0.2) is 4.68 Å². The molecule has 0 radical (unpaired) electrons. The zero-order valence-corrected chi connectivity index (χ0v) is 13.1. The third-order valence-electron chi connectivity index (χ3n) is 4.07. The Balaban J connectivity index is 1.68. The Kier molecular flexibility index (Phi) is 3.89. The van der Waals surface area contributed by atoms with E-state index in [1.54, 1.807) is 11.8 Å². The van der Waals surface area contributed by atoms with E-state index in [-0.39, 0.29) is 5.91 Å². The Bertz CT molecular complexity index is 669. The minimum atomic E-state index is -0.402. The summed E-state index contributed by atoms with van der Waals surface area (Å²) < 4.78 is 1.47. The molecular weight excluding hydrogens is 280 g/mol. The minimum absolute atomic E-state index is 0.00934. The lowest BCUT2D eigenvalue weighted by molar-refractivity contribution is -0.133. The average molecular weight is 300 g/mol. The largest absolute Gasteiger partial charge is 0.340 e. The molecule has 1 aromatic heterocycles. The molecule has 0 fully saturated rings. The third kappa shape index (κ3) is 2.85. The standard InChI is InChI=1S/C15H20N6O/c1-11(21-10-16-17-18-21)15(22)20(3)7-12-4-5-13-8-19(2)9-14(13)6-12/h4-6,10-11H,7-9H2,1-3H3/t11-/m0/s1. The molecule has 1 atom stereocenters. The SMILES string of the molecule is C[C@@H](C(=O)N(C)Cc1ccc2c(c1)CN(C)C2)n1cnnn1. The summed E-state index contributed by atoms with van der Waals surface area (Å²) in [5.41, 5.74) is 3.88. The first-order valence-electron chi connectivity index (χ1n) is 7.31. The van der Waals surface area contributed by atoms with Crippen molar-refractivity contribution in [2.24, 2.45) is 0 Å². The Morgan fingerprint density at radius 3 is 2.86 bits per heavy atom. The number of nitrogens with zero attached hydrogens (tertiary/aromatic N) is 6. The van der Waals surface area contributed by atoms with Gasteiger partial charge >= 0.3 is 0 Å². The molecule has 22 heavy (non-hydrogen) atoms. The monoisotopic (exact) mass is 300 g/mol. The Morgan fingerprint density at radius 1 is 1.36 bits per heavy atom. The van der Waals surface area contributed by atoms with Crippen LogP contribution in [0.4, 0.5) is 0 Å². The number of hydrogen-bond acceptors (Lipinski definition) is 5. The number of carbonyl (C=O) groups excluding carboxylic acids is 1. The number of benzene rings is 1. The van der Waals surface area contributed by atoms with Crippen LogP contribution in [-0.2, 0) is 24.4 Å². The van der Waals surface area contributed by atoms with E-state index in [1.165, 1.54) is 22.1 Å². The fourth-order valence-corrected chi connectivity index (χ4v) is 2.85.